The van der Waals surface area contributed by atoms with Gasteiger partial charge >= 0.3 is 0 Å². The zero-order valence-electron chi connectivity index (χ0n) is 10.2. The van der Waals surface area contributed by atoms with Crippen LogP contribution >= 0.6 is 0 Å². The van der Waals surface area contributed by atoms with E-state index in [2.05, 4.69) is 19.2 Å². The van der Waals surface area contributed by atoms with Crippen LogP contribution in [0.15, 0.2) is 0 Å². The highest BCUT2D eigenvalue weighted by Crippen LogP contribution is 2.03. The van der Waals surface area contributed by atoms with E-state index in [1.54, 1.807) is 0 Å². The van der Waals surface area contributed by atoms with Gasteiger partial charge in [0.2, 0.25) is 0 Å². The molecule has 0 amide bonds. The van der Waals surface area contributed by atoms with Gasteiger partial charge in [0.15, 0.2) is 0 Å². The van der Waals surface area contributed by atoms with Crippen LogP contribution < -0.4 is 22.5 Å². The first-order valence-electron chi connectivity index (χ1n) is 6.00. The Kier molecular flexibility index (Phi) is 9.00. The van der Waals surface area contributed by atoms with Crippen molar-refractivity contribution in [1.82, 2.24) is 5.32 Å². The first kappa shape index (κ1) is 14.8. The van der Waals surface area contributed by atoms with E-state index in [4.69, 9.17) is 17.2 Å². The molecule has 0 rings (SSSR count). The van der Waals surface area contributed by atoms with E-state index >= 15 is 0 Å². The number of nitrogens with two attached hydrogens (primary N) is 3. The van der Waals surface area contributed by atoms with Crippen molar-refractivity contribution in [3.05, 3.63) is 0 Å². The van der Waals surface area contributed by atoms with Crippen LogP contribution in [0, 0.1) is 0 Å². The fourth-order valence-corrected chi connectivity index (χ4v) is 1.49. The van der Waals surface area contributed by atoms with Gasteiger partial charge in [0.05, 0.1) is 0 Å². The number of hydrogen-bond acceptors (Lipinski definition) is 4. The van der Waals surface area contributed by atoms with Gasteiger partial charge in [0.25, 0.3) is 0 Å². The van der Waals surface area contributed by atoms with E-state index in [9.17, 15) is 0 Å². The maximum Gasteiger partial charge on any atom is 0.00514 e. The molecule has 0 aromatic heterocycles. The summed E-state index contributed by atoms with van der Waals surface area (Å²) < 4.78 is 0. The molecule has 0 aliphatic heterocycles. The van der Waals surface area contributed by atoms with Gasteiger partial charge in [-0.1, -0.05) is 13.8 Å². The van der Waals surface area contributed by atoms with E-state index in [1.807, 2.05) is 0 Å². The summed E-state index contributed by atoms with van der Waals surface area (Å²) in [4.78, 5) is 0. The average Bonchev–Trinajstić information content (AvgIpc) is 2.14. The van der Waals surface area contributed by atoms with Gasteiger partial charge in [0.1, 0.15) is 0 Å². The third-order valence-electron chi connectivity index (χ3n) is 2.51. The lowest BCUT2D eigenvalue weighted by atomic mass is 10.0. The van der Waals surface area contributed by atoms with E-state index in [0.29, 0.717) is 12.6 Å². The summed E-state index contributed by atoms with van der Waals surface area (Å²) in [6.07, 6.45) is 3.91. The Bertz CT molecular complexity index is 139. The molecule has 4 nitrogen and oxygen atoms in total. The zero-order chi connectivity index (χ0) is 11.7. The molecule has 0 saturated heterocycles. The first-order valence-corrected chi connectivity index (χ1v) is 6.00. The fourth-order valence-electron chi connectivity index (χ4n) is 1.49. The minimum absolute atomic E-state index is 0.221. The van der Waals surface area contributed by atoms with Crippen LogP contribution in [0.5, 0.6) is 0 Å². The molecule has 0 saturated carbocycles. The molecular formula is C11H28N4. The molecule has 0 aliphatic rings. The highest BCUT2D eigenvalue weighted by atomic mass is 14.9. The van der Waals surface area contributed by atoms with E-state index in [1.165, 1.54) is 0 Å². The second kappa shape index (κ2) is 9.09. The molecule has 0 heterocycles. The van der Waals surface area contributed by atoms with Crippen LogP contribution in [-0.4, -0.2) is 31.2 Å². The van der Waals surface area contributed by atoms with Crippen molar-refractivity contribution in [3.8, 4) is 0 Å². The van der Waals surface area contributed by atoms with Gasteiger partial charge < -0.3 is 22.5 Å². The molecule has 2 atom stereocenters. The van der Waals surface area contributed by atoms with Gasteiger partial charge in [-0.3, -0.25) is 0 Å². The summed E-state index contributed by atoms with van der Waals surface area (Å²) in [6, 6.07) is 1.02. The standard InChI is InChI=1S/C11H28N4/c1-9(2)15-8-6-11(14)4-3-10(13)5-7-12/h9-11,15H,3-8,12-14H2,1-2H3. The van der Waals surface area contributed by atoms with Crippen molar-refractivity contribution < 1.29 is 0 Å². The summed E-state index contributed by atoms with van der Waals surface area (Å²) in [5.41, 5.74) is 17.3. The van der Waals surface area contributed by atoms with E-state index in [0.717, 1.165) is 32.2 Å². The number of nitrogens with one attached hydrogen (secondary N) is 1. The molecule has 0 aromatic carbocycles. The Morgan fingerprint density at radius 3 is 1.93 bits per heavy atom. The number of rotatable bonds is 9. The summed E-state index contributed by atoms with van der Waals surface area (Å²) in [5, 5.41) is 3.36. The van der Waals surface area contributed by atoms with Crippen LogP contribution in [0.25, 0.3) is 0 Å². The molecule has 0 radical (unpaired) electrons. The topological polar surface area (TPSA) is 90.1 Å². The van der Waals surface area contributed by atoms with Crippen LogP contribution in [0.4, 0.5) is 0 Å². The Morgan fingerprint density at radius 2 is 1.47 bits per heavy atom. The third-order valence-corrected chi connectivity index (χ3v) is 2.51. The molecule has 0 bridgehead atoms. The van der Waals surface area contributed by atoms with Crippen molar-refractivity contribution in [3.63, 3.8) is 0 Å². The Labute approximate surface area is 94.0 Å². The average molecular weight is 216 g/mol. The third kappa shape index (κ3) is 10.1. The molecule has 0 aliphatic carbocycles. The Hall–Kier alpha value is -0.160. The lowest BCUT2D eigenvalue weighted by Gasteiger charge is -2.16. The monoisotopic (exact) mass is 216 g/mol. The largest absolute Gasteiger partial charge is 0.330 e. The van der Waals surface area contributed by atoms with Crippen molar-refractivity contribution in [2.45, 2.75) is 57.7 Å². The van der Waals surface area contributed by atoms with Gasteiger partial charge in [0, 0.05) is 18.1 Å². The molecule has 15 heavy (non-hydrogen) atoms. The van der Waals surface area contributed by atoms with Gasteiger partial charge in [-0.15, -0.1) is 0 Å². The Balaban J connectivity index is 3.36. The van der Waals surface area contributed by atoms with E-state index < -0.39 is 0 Å². The highest BCUT2D eigenvalue weighted by Gasteiger charge is 2.06. The minimum atomic E-state index is 0.221. The molecule has 2 unspecified atom stereocenters. The second-order valence-corrected chi connectivity index (χ2v) is 4.57. The predicted molar refractivity (Wildman–Crippen MR) is 66.6 cm³/mol. The first-order chi connectivity index (χ1) is 7.06. The lowest BCUT2D eigenvalue weighted by molar-refractivity contribution is 0.462. The summed E-state index contributed by atoms with van der Waals surface area (Å²) >= 11 is 0. The van der Waals surface area contributed by atoms with Gasteiger partial charge in [-0.2, -0.15) is 0 Å². The quantitative estimate of drug-likeness (QED) is 0.442. The zero-order valence-corrected chi connectivity index (χ0v) is 10.2. The van der Waals surface area contributed by atoms with Crippen molar-refractivity contribution in [2.24, 2.45) is 17.2 Å². The van der Waals surface area contributed by atoms with Crippen LogP contribution in [0.3, 0.4) is 0 Å². The Morgan fingerprint density at radius 1 is 0.933 bits per heavy atom. The fraction of sp³-hybridized carbons (Fsp3) is 1.00. The molecule has 92 valence electrons. The normalized spacial score (nSPS) is 15.6. The van der Waals surface area contributed by atoms with Crippen molar-refractivity contribution in [2.75, 3.05) is 13.1 Å². The summed E-state index contributed by atoms with van der Waals surface area (Å²) in [7, 11) is 0. The minimum Gasteiger partial charge on any atom is -0.330 e. The number of hydrogen-bond donors (Lipinski definition) is 4. The predicted octanol–water partition coefficient (Wildman–Crippen LogP) is 0.158. The van der Waals surface area contributed by atoms with Crippen molar-refractivity contribution >= 4 is 0 Å². The molecular weight excluding hydrogens is 188 g/mol. The van der Waals surface area contributed by atoms with Crippen LogP contribution in [0.2, 0.25) is 0 Å². The molecule has 0 aromatic rings. The second-order valence-electron chi connectivity index (χ2n) is 4.57. The molecule has 4 heteroatoms. The van der Waals surface area contributed by atoms with Gasteiger partial charge in [-0.05, 0) is 38.8 Å². The maximum absolute atomic E-state index is 5.98. The SMILES string of the molecule is CC(C)NCCC(N)CCC(N)CCN. The summed E-state index contributed by atoms with van der Waals surface area (Å²) in [6.45, 7) is 5.95. The smallest absolute Gasteiger partial charge is 0.00514 e. The maximum atomic E-state index is 5.98. The molecule has 7 N–H and O–H groups in total. The molecule has 0 spiro atoms. The highest BCUT2D eigenvalue weighted by molar-refractivity contribution is 4.69. The van der Waals surface area contributed by atoms with Gasteiger partial charge in [-0.25, -0.2) is 0 Å². The van der Waals surface area contributed by atoms with E-state index in [-0.39, 0.29) is 12.1 Å². The van der Waals surface area contributed by atoms with Crippen LogP contribution in [-0.2, 0) is 0 Å². The lowest BCUT2D eigenvalue weighted by Crippen LogP contribution is -2.32. The molecule has 0 fully saturated rings. The van der Waals surface area contributed by atoms with Crippen LogP contribution in [0.1, 0.15) is 39.5 Å². The van der Waals surface area contributed by atoms with Crippen molar-refractivity contribution in [1.29, 1.82) is 0 Å². The summed E-state index contributed by atoms with van der Waals surface area (Å²) in [5.74, 6) is 0.